The molecular formula is C11H12BrFN4O2S. The number of aromatic nitrogens is 2. The number of nitrogen functional groups attached to an aromatic ring is 1. The first-order chi connectivity index (χ1) is 9.22. The zero-order valence-corrected chi connectivity index (χ0v) is 13.1. The third kappa shape index (κ3) is 2.63. The number of aryl methyl sites for hydroxylation is 1. The molecule has 0 aliphatic rings. The number of anilines is 2. The Hall–Kier alpha value is -1.61. The van der Waals surface area contributed by atoms with Gasteiger partial charge in [0.05, 0.1) is 11.4 Å². The van der Waals surface area contributed by atoms with Crippen LogP contribution in [0, 0.1) is 12.7 Å². The highest BCUT2D eigenvalue weighted by Gasteiger charge is 2.25. The van der Waals surface area contributed by atoms with Gasteiger partial charge < -0.3 is 5.73 Å². The van der Waals surface area contributed by atoms with Gasteiger partial charge in [-0.05, 0) is 41.1 Å². The number of nitrogens with zero attached hydrogens (tertiary/aromatic N) is 2. The second kappa shape index (κ2) is 5.06. The van der Waals surface area contributed by atoms with Crippen molar-refractivity contribution < 1.29 is 12.8 Å². The molecule has 1 heterocycles. The van der Waals surface area contributed by atoms with Gasteiger partial charge in [0.15, 0.2) is 10.7 Å². The topological polar surface area (TPSA) is 90.0 Å². The van der Waals surface area contributed by atoms with Crippen LogP contribution in [0.15, 0.2) is 27.6 Å². The summed E-state index contributed by atoms with van der Waals surface area (Å²) in [6.45, 7) is 1.59. The van der Waals surface area contributed by atoms with E-state index in [9.17, 15) is 12.8 Å². The molecule has 2 aromatic rings. The Morgan fingerprint density at radius 3 is 2.60 bits per heavy atom. The summed E-state index contributed by atoms with van der Waals surface area (Å²) in [6, 6.07) is 3.64. The van der Waals surface area contributed by atoms with Crippen LogP contribution >= 0.6 is 15.9 Å². The Labute approximate surface area is 124 Å². The van der Waals surface area contributed by atoms with Gasteiger partial charge in [0, 0.05) is 11.5 Å². The van der Waals surface area contributed by atoms with Crippen molar-refractivity contribution in [3.05, 3.63) is 34.2 Å². The Kier molecular flexibility index (Phi) is 3.74. The number of nitrogens with one attached hydrogen (secondary N) is 1. The highest BCUT2D eigenvalue weighted by Crippen LogP contribution is 2.28. The van der Waals surface area contributed by atoms with Crippen LogP contribution in [0.5, 0.6) is 0 Å². The molecule has 20 heavy (non-hydrogen) atoms. The van der Waals surface area contributed by atoms with E-state index in [1.54, 1.807) is 14.0 Å². The van der Waals surface area contributed by atoms with Gasteiger partial charge >= 0.3 is 0 Å². The van der Waals surface area contributed by atoms with Crippen LogP contribution in [0.3, 0.4) is 0 Å². The summed E-state index contributed by atoms with van der Waals surface area (Å²) in [7, 11) is -2.30. The normalized spacial score (nSPS) is 11.6. The molecule has 0 unspecified atom stereocenters. The number of hydrogen-bond donors (Lipinski definition) is 2. The standard InChI is InChI=1S/C11H12BrFN4O2S/c1-6-10(11(14)15-17(6)2)20(18,19)16-9-4-3-7(13)5-8(9)12/h3-5,16H,1-2H3,(H2,14,15). The molecule has 0 aliphatic carbocycles. The predicted molar refractivity (Wildman–Crippen MR) is 77.3 cm³/mol. The Balaban J connectivity index is 2.46. The summed E-state index contributed by atoms with van der Waals surface area (Å²) < 4.78 is 41.7. The van der Waals surface area contributed by atoms with Crippen LogP contribution < -0.4 is 10.5 Å². The molecule has 0 saturated carbocycles. The third-order valence-corrected chi connectivity index (χ3v) is 4.94. The molecule has 1 aromatic heterocycles. The van der Waals surface area contributed by atoms with Crippen LogP contribution in [-0.2, 0) is 17.1 Å². The molecule has 6 nitrogen and oxygen atoms in total. The van der Waals surface area contributed by atoms with E-state index in [0.29, 0.717) is 10.2 Å². The molecule has 0 saturated heterocycles. The lowest BCUT2D eigenvalue weighted by Gasteiger charge is -2.10. The SMILES string of the molecule is Cc1c(S(=O)(=O)Nc2ccc(F)cc2Br)c(N)nn1C. The first kappa shape index (κ1) is 14.8. The van der Waals surface area contributed by atoms with Crippen LogP contribution in [0.4, 0.5) is 15.9 Å². The number of benzene rings is 1. The molecule has 0 aliphatic heterocycles. The van der Waals surface area contributed by atoms with E-state index in [0.717, 1.165) is 12.1 Å². The highest BCUT2D eigenvalue weighted by molar-refractivity contribution is 9.10. The average molecular weight is 363 g/mol. The van der Waals surface area contributed by atoms with Gasteiger partial charge in [-0.3, -0.25) is 9.40 Å². The first-order valence-corrected chi connectivity index (χ1v) is 7.77. The minimum atomic E-state index is -3.90. The Morgan fingerprint density at radius 2 is 2.10 bits per heavy atom. The zero-order valence-electron chi connectivity index (χ0n) is 10.7. The summed E-state index contributed by atoms with van der Waals surface area (Å²) in [5.74, 6) is -0.562. The van der Waals surface area contributed by atoms with Gasteiger partial charge in [-0.15, -0.1) is 0 Å². The van der Waals surface area contributed by atoms with E-state index in [4.69, 9.17) is 5.73 Å². The maximum Gasteiger partial charge on any atom is 0.267 e. The van der Waals surface area contributed by atoms with Crippen molar-refractivity contribution in [1.29, 1.82) is 0 Å². The number of hydrogen-bond acceptors (Lipinski definition) is 4. The van der Waals surface area contributed by atoms with Crippen LogP contribution in [-0.4, -0.2) is 18.2 Å². The largest absolute Gasteiger partial charge is 0.381 e. The van der Waals surface area contributed by atoms with Crippen LogP contribution in [0.2, 0.25) is 0 Å². The molecule has 9 heteroatoms. The molecule has 1 aromatic carbocycles. The smallest absolute Gasteiger partial charge is 0.267 e. The van der Waals surface area contributed by atoms with Gasteiger partial charge in [-0.2, -0.15) is 5.10 Å². The highest BCUT2D eigenvalue weighted by atomic mass is 79.9. The molecular weight excluding hydrogens is 351 g/mol. The first-order valence-electron chi connectivity index (χ1n) is 5.49. The Morgan fingerprint density at radius 1 is 1.45 bits per heavy atom. The van der Waals surface area contributed by atoms with Crippen molar-refractivity contribution in [3.63, 3.8) is 0 Å². The lowest BCUT2D eigenvalue weighted by molar-refractivity contribution is 0.600. The van der Waals surface area contributed by atoms with Gasteiger partial charge in [0.1, 0.15) is 5.82 Å². The fraction of sp³-hybridized carbons (Fsp3) is 0.182. The van der Waals surface area contributed by atoms with E-state index in [-0.39, 0.29) is 16.4 Å². The summed E-state index contributed by atoms with van der Waals surface area (Å²) in [6.07, 6.45) is 0. The summed E-state index contributed by atoms with van der Waals surface area (Å²) >= 11 is 3.10. The van der Waals surface area contributed by atoms with Gasteiger partial charge in [0.25, 0.3) is 10.0 Å². The van der Waals surface area contributed by atoms with E-state index >= 15 is 0 Å². The van der Waals surface area contributed by atoms with Gasteiger partial charge in [-0.25, -0.2) is 12.8 Å². The summed E-state index contributed by atoms with van der Waals surface area (Å²) in [4.78, 5) is -0.0868. The van der Waals surface area contributed by atoms with Crippen LogP contribution in [0.25, 0.3) is 0 Å². The van der Waals surface area contributed by atoms with Crippen LogP contribution in [0.1, 0.15) is 5.69 Å². The minimum Gasteiger partial charge on any atom is -0.381 e. The van der Waals surface area contributed by atoms with E-state index in [1.807, 2.05) is 0 Å². The number of rotatable bonds is 3. The van der Waals surface area contributed by atoms with Crippen molar-refractivity contribution in [2.45, 2.75) is 11.8 Å². The fourth-order valence-corrected chi connectivity index (χ4v) is 3.70. The van der Waals surface area contributed by atoms with E-state index < -0.39 is 15.8 Å². The second-order valence-corrected chi connectivity index (χ2v) is 6.63. The van der Waals surface area contributed by atoms with E-state index in [1.165, 1.54) is 10.7 Å². The summed E-state index contributed by atoms with van der Waals surface area (Å²) in [5.41, 5.74) is 6.25. The third-order valence-electron chi connectivity index (χ3n) is 2.75. The van der Waals surface area contributed by atoms with Crippen molar-refractivity contribution in [3.8, 4) is 0 Å². The lowest BCUT2D eigenvalue weighted by Crippen LogP contribution is -2.15. The monoisotopic (exact) mass is 362 g/mol. The number of sulfonamides is 1. The molecule has 0 spiro atoms. The molecule has 2 rings (SSSR count). The maximum atomic E-state index is 13.0. The minimum absolute atomic E-state index is 0.0868. The number of nitrogens with two attached hydrogens (primary N) is 1. The van der Waals surface area contributed by atoms with Gasteiger partial charge in [0.2, 0.25) is 0 Å². The second-order valence-electron chi connectivity index (χ2n) is 4.15. The predicted octanol–water partition coefficient (Wildman–Crippen LogP) is 2.01. The molecule has 108 valence electrons. The maximum absolute atomic E-state index is 13.0. The van der Waals surface area contributed by atoms with E-state index in [2.05, 4.69) is 25.8 Å². The Bertz CT molecular complexity index is 773. The number of halogens is 2. The van der Waals surface area contributed by atoms with Crippen molar-refractivity contribution in [2.24, 2.45) is 7.05 Å². The lowest BCUT2D eigenvalue weighted by atomic mass is 10.3. The zero-order chi connectivity index (χ0) is 15.1. The molecule has 0 bridgehead atoms. The van der Waals surface area contributed by atoms with Gasteiger partial charge in [-0.1, -0.05) is 0 Å². The molecule has 0 fully saturated rings. The summed E-state index contributed by atoms with van der Waals surface area (Å²) in [5, 5.41) is 3.86. The molecule has 0 radical (unpaired) electrons. The fourth-order valence-electron chi connectivity index (χ4n) is 1.71. The van der Waals surface area contributed by atoms with Crippen molar-refractivity contribution >= 4 is 37.5 Å². The molecule has 0 amide bonds. The molecule has 3 N–H and O–H groups in total. The quantitative estimate of drug-likeness (QED) is 0.873. The molecule has 0 atom stereocenters. The van der Waals surface area contributed by atoms with Crippen molar-refractivity contribution in [1.82, 2.24) is 9.78 Å². The van der Waals surface area contributed by atoms with Crippen molar-refractivity contribution in [2.75, 3.05) is 10.5 Å². The average Bonchev–Trinajstić information content (AvgIpc) is 2.57.